The monoisotopic (exact) mass is 341 g/mol. The normalized spacial score (nSPS) is 10.4. The molecule has 0 saturated carbocycles. The molecule has 1 aromatic carbocycles. The minimum Gasteiger partial charge on any atom is -0.439 e. The highest BCUT2D eigenvalue weighted by molar-refractivity contribution is 5.49. The number of hydrogen-bond acceptors (Lipinski definition) is 5. The van der Waals surface area contributed by atoms with Crippen molar-refractivity contribution in [3.63, 3.8) is 0 Å². The van der Waals surface area contributed by atoms with E-state index in [2.05, 4.69) is 15.3 Å². The molecule has 0 aliphatic carbocycles. The van der Waals surface area contributed by atoms with Gasteiger partial charge in [-0.1, -0.05) is 12.1 Å². The van der Waals surface area contributed by atoms with E-state index < -0.39 is 0 Å². The summed E-state index contributed by atoms with van der Waals surface area (Å²) in [5, 5.41) is 12.2. The Morgan fingerprint density at radius 3 is 2.88 bits per heavy atom. The van der Waals surface area contributed by atoms with Crippen LogP contribution in [0.3, 0.4) is 0 Å². The van der Waals surface area contributed by atoms with Gasteiger partial charge in [-0.3, -0.25) is 0 Å². The molecule has 4 aromatic rings. The van der Waals surface area contributed by atoms with Crippen molar-refractivity contribution in [2.75, 3.05) is 5.32 Å². The van der Waals surface area contributed by atoms with Gasteiger partial charge < -0.3 is 14.5 Å². The van der Waals surface area contributed by atoms with Gasteiger partial charge in [-0.25, -0.2) is 9.97 Å². The van der Waals surface area contributed by atoms with Crippen molar-refractivity contribution < 1.29 is 4.74 Å². The second-order valence-electron chi connectivity index (χ2n) is 5.68. The van der Waals surface area contributed by atoms with Gasteiger partial charge in [-0.15, -0.1) is 0 Å². The number of benzene rings is 1. The third-order valence-corrected chi connectivity index (χ3v) is 3.81. The summed E-state index contributed by atoms with van der Waals surface area (Å²) in [5.41, 5.74) is 3.30. The van der Waals surface area contributed by atoms with E-state index in [0.717, 1.165) is 17.0 Å². The molecule has 0 saturated heterocycles. The van der Waals surface area contributed by atoms with Gasteiger partial charge in [-0.05, 0) is 30.3 Å². The smallest absolute Gasteiger partial charge is 0.219 e. The van der Waals surface area contributed by atoms with Gasteiger partial charge in [0.15, 0.2) is 0 Å². The van der Waals surface area contributed by atoms with Crippen molar-refractivity contribution in [2.45, 2.75) is 6.54 Å². The summed E-state index contributed by atoms with van der Waals surface area (Å²) in [6.45, 7) is 0.611. The first kappa shape index (κ1) is 15.7. The SMILES string of the molecule is N#Cc1ccc(Oc2cccc(NCc3cn4ccccc4n3)c2)nc1. The largest absolute Gasteiger partial charge is 0.439 e. The van der Waals surface area contributed by atoms with Crippen LogP contribution < -0.4 is 10.1 Å². The van der Waals surface area contributed by atoms with Gasteiger partial charge in [0.2, 0.25) is 5.88 Å². The quantitative estimate of drug-likeness (QED) is 0.594. The Morgan fingerprint density at radius 1 is 1.12 bits per heavy atom. The number of nitriles is 1. The fourth-order valence-corrected chi connectivity index (χ4v) is 2.56. The summed E-state index contributed by atoms with van der Waals surface area (Å²) >= 11 is 0. The van der Waals surface area contributed by atoms with Crippen LogP contribution in [-0.2, 0) is 6.54 Å². The highest BCUT2D eigenvalue weighted by atomic mass is 16.5. The average molecular weight is 341 g/mol. The molecule has 3 aromatic heterocycles. The van der Waals surface area contributed by atoms with Crippen molar-refractivity contribution in [1.29, 1.82) is 5.26 Å². The Kier molecular flexibility index (Phi) is 4.19. The predicted molar refractivity (Wildman–Crippen MR) is 98.0 cm³/mol. The zero-order chi connectivity index (χ0) is 17.8. The first-order chi connectivity index (χ1) is 12.8. The third kappa shape index (κ3) is 3.47. The first-order valence-electron chi connectivity index (χ1n) is 8.11. The Hall–Kier alpha value is -3.85. The standard InChI is InChI=1S/C20H15N5O/c21-11-15-7-8-20(23-12-15)26-18-5-3-4-16(10-18)22-13-17-14-25-9-2-1-6-19(25)24-17/h1-10,12,14,22H,13H2. The molecule has 6 nitrogen and oxygen atoms in total. The lowest BCUT2D eigenvalue weighted by Gasteiger charge is -2.08. The van der Waals surface area contributed by atoms with Crippen LogP contribution in [0.1, 0.15) is 11.3 Å². The van der Waals surface area contributed by atoms with E-state index in [1.165, 1.54) is 6.20 Å². The third-order valence-electron chi connectivity index (χ3n) is 3.81. The number of anilines is 1. The Labute approximate surface area is 150 Å². The molecule has 0 bridgehead atoms. The van der Waals surface area contributed by atoms with Crippen LogP contribution in [-0.4, -0.2) is 14.4 Å². The molecule has 1 N–H and O–H groups in total. The van der Waals surface area contributed by atoms with Gasteiger partial charge in [0, 0.05) is 36.4 Å². The van der Waals surface area contributed by atoms with E-state index in [9.17, 15) is 0 Å². The van der Waals surface area contributed by atoms with E-state index in [4.69, 9.17) is 10.00 Å². The minimum atomic E-state index is 0.446. The number of aromatic nitrogens is 3. The van der Waals surface area contributed by atoms with E-state index in [0.29, 0.717) is 23.7 Å². The molecule has 0 amide bonds. The summed E-state index contributed by atoms with van der Waals surface area (Å²) in [7, 11) is 0. The molecule has 0 radical (unpaired) electrons. The van der Waals surface area contributed by atoms with E-state index in [1.807, 2.05) is 65.3 Å². The molecule has 4 rings (SSSR count). The summed E-state index contributed by atoms with van der Waals surface area (Å²) in [6, 6.07) is 18.9. The van der Waals surface area contributed by atoms with Crippen LogP contribution in [0.25, 0.3) is 5.65 Å². The molecule has 0 spiro atoms. The van der Waals surface area contributed by atoms with Crippen LogP contribution in [0.2, 0.25) is 0 Å². The highest BCUT2D eigenvalue weighted by Crippen LogP contribution is 2.23. The van der Waals surface area contributed by atoms with Crippen molar-refractivity contribution in [2.24, 2.45) is 0 Å². The number of pyridine rings is 2. The molecule has 3 heterocycles. The van der Waals surface area contributed by atoms with Crippen LogP contribution >= 0.6 is 0 Å². The molecule has 0 atom stereocenters. The number of imidazole rings is 1. The zero-order valence-corrected chi connectivity index (χ0v) is 13.8. The van der Waals surface area contributed by atoms with Gasteiger partial charge >= 0.3 is 0 Å². The topological polar surface area (TPSA) is 75.2 Å². The number of nitrogens with one attached hydrogen (secondary N) is 1. The zero-order valence-electron chi connectivity index (χ0n) is 13.8. The second kappa shape index (κ2) is 6.95. The highest BCUT2D eigenvalue weighted by Gasteiger charge is 2.03. The minimum absolute atomic E-state index is 0.446. The number of hydrogen-bond donors (Lipinski definition) is 1. The maximum Gasteiger partial charge on any atom is 0.219 e. The molecular weight excluding hydrogens is 326 g/mol. The predicted octanol–water partition coefficient (Wildman–Crippen LogP) is 4.01. The van der Waals surface area contributed by atoms with E-state index in [-0.39, 0.29) is 0 Å². The lowest BCUT2D eigenvalue weighted by Crippen LogP contribution is -1.99. The second-order valence-corrected chi connectivity index (χ2v) is 5.68. The lowest BCUT2D eigenvalue weighted by molar-refractivity contribution is 0.463. The van der Waals surface area contributed by atoms with Crippen molar-refractivity contribution in [3.05, 3.63) is 84.4 Å². The van der Waals surface area contributed by atoms with Crippen LogP contribution in [0.15, 0.2) is 73.2 Å². The summed E-state index contributed by atoms with van der Waals surface area (Å²) in [6.07, 6.45) is 5.47. The molecular formula is C20H15N5O. The molecule has 126 valence electrons. The van der Waals surface area contributed by atoms with Gasteiger partial charge in [-0.2, -0.15) is 5.26 Å². The van der Waals surface area contributed by atoms with Crippen molar-refractivity contribution in [3.8, 4) is 17.7 Å². The Balaban J connectivity index is 1.44. The Bertz CT molecular complexity index is 1050. The summed E-state index contributed by atoms with van der Waals surface area (Å²) in [4.78, 5) is 8.68. The fraction of sp³-hybridized carbons (Fsp3) is 0.0500. The maximum atomic E-state index is 8.81. The van der Waals surface area contributed by atoms with Crippen LogP contribution in [0.4, 0.5) is 5.69 Å². The summed E-state index contributed by atoms with van der Waals surface area (Å²) in [5.74, 6) is 1.11. The average Bonchev–Trinajstić information content (AvgIpc) is 3.10. The van der Waals surface area contributed by atoms with Crippen molar-refractivity contribution in [1.82, 2.24) is 14.4 Å². The Morgan fingerprint density at radius 2 is 2.08 bits per heavy atom. The molecule has 26 heavy (non-hydrogen) atoms. The van der Waals surface area contributed by atoms with E-state index >= 15 is 0 Å². The van der Waals surface area contributed by atoms with Gasteiger partial charge in [0.1, 0.15) is 17.5 Å². The fourth-order valence-electron chi connectivity index (χ4n) is 2.56. The number of ether oxygens (including phenoxy) is 1. The molecule has 0 aliphatic heterocycles. The number of fused-ring (bicyclic) bond motifs is 1. The van der Waals surface area contributed by atoms with Crippen LogP contribution in [0.5, 0.6) is 11.6 Å². The van der Waals surface area contributed by atoms with Crippen molar-refractivity contribution >= 4 is 11.3 Å². The summed E-state index contributed by atoms with van der Waals surface area (Å²) < 4.78 is 7.73. The molecule has 0 unspecified atom stereocenters. The molecule has 6 heteroatoms. The number of rotatable bonds is 5. The van der Waals surface area contributed by atoms with Gasteiger partial charge in [0.05, 0.1) is 17.8 Å². The number of nitrogens with zero attached hydrogens (tertiary/aromatic N) is 4. The van der Waals surface area contributed by atoms with E-state index in [1.54, 1.807) is 12.1 Å². The molecule has 0 aliphatic rings. The van der Waals surface area contributed by atoms with Crippen LogP contribution in [0, 0.1) is 11.3 Å². The maximum absolute atomic E-state index is 8.81. The molecule has 0 fully saturated rings. The van der Waals surface area contributed by atoms with Gasteiger partial charge in [0.25, 0.3) is 0 Å². The first-order valence-corrected chi connectivity index (χ1v) is 8.11. The lowest BCUT2D eigenvalue weighted by atomic mass is 10.3.